The molecule has 1 aromatic carbocycles. The van der Waals surface area contributed by atoms with Crippen LogP contribution >= 0.6 is 0 Å². The summed E-state index contributed by atoms with van der Waals surface area (Å²) in [4.78, 5) is 0.278. The van der Waals surface area contributed by atoms with Crippen LogP contribution in [0.3, 0.4) is 0 Å². The average molecular weight is 270 g/mol. The highest BCUT2D eigenvalue weighted by Crippen LogP contribution is 2.14. The first kappa shape index (κ1) is 15.1. The summed E-state index contributed by atoms with van der Waals surface area (Å²) in [6.07, 6.45) is 0.937. The van der Waals surface area contributed by atoms with E-state index in [1.54, 1.807) is 18.2 Å². The molecule has 5 heteroatoms. The molecule has 102 valence electrons. The summed E-state index contributed by atoms with van der Waals surface area (Å²) in [6.45, 7) is 6.30. The Bertz CT molecular complexity index is 486. The summed E-state index contributed by atoms with van der Waals surface area (Å²) >= 11 is 0. The van der Waals surface area contributed by atoms with Gasteiger partial charge >= 0.3 is 0 Å². The third kappa shape index (κ3) is 3.80. The molecular weight excluding hydrogens is 248 g/mol. The van der Waals surface area contributed by atoms with E-state index in [9.17, 15) is 8.42 Å². The van der Waals surface area contributed by atoms with Crippen LogP contribution < -0.4 is 10.5 Å². The maximum absolute atomic E-state index is 12.2. The van der Waals surface area contributed by atoms with Crippen LogP contribution in [0, 0.1) is 5.92 Å². The van der Waals surface area contributed by atoms with Crippen molar-refractivity contribution in [1.29, 1.82) is 0 Å². The van der Waals surface area contributed by atoms with Gasteiger partial charge in [0, 0.05) is 12.6 Å². The van der Waals surface area contributed by atoms with Crippen molar-refractivity contribution in [2.24, 2.45) is 11.7 Å². The lowest BCUT2D eigenvalue weighted by molar-refractivity contribution is 0.434. The van der Waals surface area contributed by atoms with Gasteiger partial charge in [-0.05, 0) is 30.5 Å². The third-order valence-electron chi connectivity index (χ3n) is 3.28. The molecule has 0 radical (unpaired) electrons. The number of benzene rings is 1. The number of hydrogen-bond donors (Lipinski definition) is 2. The molecule has 0 fully saturated rings. The van der Waals surface area contributed by atoms with Gasteiger partial charge in [-0.2, -0.15) is 0 Å². The van der Waals surface area contributed by atoms with E-state index in [1.165, 1.54) is 0 Å². The molecule has 1 rings (SSSR count). The van der Waals surface area contributed by atoms with Gasteiger partial charge in [0.15, 0.2) is 0 Å². The lowest BCUT2D eigenvalue weighted by Gasteiger charge is -2.20. The summed E-state index contributed by atoms with van der Waals surface area (Å²) in [5, 5.41) is 0. The molecule has 0 saturated carbocycles. The molecule has 0 saturated heterocycles. The molecule has 18 heavy (non-hydrogen) atoms. The summed E-state index contributed by atoms with van der Waals surface area (Å²) < 4.78 is 27.1. The molecule has 0 bridgehead atoms. The summed E-state index contributed by atoms with van der Waals surface area (Å²) in [5.74, 6) is 0.303. The second-order valence-corrected chi connectivity index (χ2v) is 6.36. The maximum Gasteiger partial charge on any atom is 0.240 e. The molecule has 4 nitrogen and oxygen atoms in total. The van der Waals surface area contributed by atoms with Gasteiger partial charge in [-0.1, -0.05) is 32.4 Å². The van der Waals surface area contributed by atoms with E-state index in [4.69, 9.17) is 5.73 Å². The van der Waals surface area contributed by atoms with Crippen LogP contribution in [-0.2, 0) is 16.6 Å². The minimum atomic E-state index is -3.45. The first-order chi connectivity index (χ1) is 8.40. The normalized spacial score (nSPS) is 15.3. The zero-order chi connectivity index (χ0) is 13.8. The monoisotopic (exact) mass is 270 g/mol. The molecule has 2 unspecified atom stereocenters. The highest BCUT2D eigenvalue weighted by molar-refractivity contribution is 7.89. The summed E-state index contributed by atoms with van der Waals surface area (Å²) in [7, 11) is -3.45. The van der Waals surface area contributed by atoms with E-state index in [2.05, 4.69) is 4.72 Å². The molecule has 0 heterocycles. The Morgan fingerprint density at radius 1 is 1.33 bits per heavy atom. The van der Waals surface area contributed by atoms with Crippen LogP contribution in [0.1, 0.15) is 32.8 Å². The molecule has 0 aliphatic rings. The van der Waals surface area contributed by atoms with Gasteiger partial charge in [0.25, 0.3) is 0 Å². The second kappa shape index (κ2) is 6.31. The highest BCUT2D eigenvalue weighted by atomic mass is 32.2. The minimum Gasteiger partial charge on any atom is -0.326 e. The Morgan fingerprint density at radius 2 is 2.00 bits per heavy atom. The molecule has 0 aliphatic carbocycles. The van der Waals surface area contributed by atoms with Gasteiger partial charge in [0.1, 0.15) is 0 Å². The molecule has 2 atom stereocenters. The smallest absolute Gasteiger partial charge is 0.240 e. The second-order valence-electron chi connectivity index (χ2n) is 4.65. The molecule has 1 aromatic rings. The van der Waals surface area contributed by atoms with Gasteiger partial charge in [0.05, 0.1) is 4.90 Å². The number of rotatable bonds is 6. The standard InChI is InChI=1S/C13H22N2O2S/c1-4-10(2)11(3)15-18(16,17)13-7-5-6-12(8-13)9-14/h5-8,10-11,15H,4,9,14H2,1-3H3. The van der Waals surface area contributed by atoms with Gasteiger partial charge in [0.2, 0.25) is 10.0 Å². The number of hydrogen-bond acceptors (Lipinski definition) is 3. The van der Waals surface area contributed by atoms with E-state index in [0.29, 0.717) is 12.5 Å². The van der Waals surface area contributed by atoms with E-state index in [1.807, 2.05) is 26.8 Å². The Labute approximate surface area is 110 Å². The van der Waals surface area contributed by atoms with E-state index >= 15 is 0 Å². The topological polar surface area (TPSA) is 72.2 Å². The summed E-state index contributed by atoms with van der Waals surface area (Å²) in [6, 6.07) is 6.65. The van der Waals surface area contributed by atoms with Crippen molar-refractivity contribution < 1.29 is 8.42 Å². The Hall–Kier alpha value is -0.910. The van der Waals surface area contributed by atoms with E-state index in [-0.39, 0.29) is 10.9 Å². The number of sulfonamides is 1. The van der Waals surface area contributed by atoms with E-state index in [0.717, 1.165) is 12.0 Å². The fourth-order valence-electron chi connectivity index (χ4n) is 1.62. The first-order valence-electron chi connectivity index (χ1n) is 6.22. The molecule has 0 aromatic heterocycles. The van der Waals surface area contributed by atoms with Gasteiger partial charge in [-0.3, -0.25) is 0 Å². The molecule has 0 aliphatic heterocycles. The van der Waals surface area contributed by atoms with Crippen molar-refractivity contribution >= 4 is 10.0 Å². The number of nitrogens with one attached hydrogen (secondary N) is 1. The van der Waals surface area contributed by atoms with Crippen LogP contribution in [0.2, 0.25) is 0 Å². The predicted molar refractivity (Wildman–Crippen MR) is 73.6 cm³/mol. The highest BCUT2D eigenvalue weighted by Gasteiger charge is 2.20. The predicted octanol–water partition coefficient (Wildman–Crippen LogP) is 1.86. The lowest BCUT2D eigenvalue weighted by Crippen LogP contribution is -2.36. The quantitative estimate of drug-likeness (QED) is 0.828. The molecule has 3 N–H and O–H groups in total. The van der Waals surface area contributed by atoms with Gasteiger partial charge < -0.3 is 5.73 Å². The zero-order valence-electron chi connectivity index (χ0n) is 11.2. The van der Waals surface area contributed by atoms with Crippen LogP contribution in [0.4, 0.5) is 0 Å². The zero-order valence-corrected chi connectivity index (χ0v) is 12.0. The molecule has 0 spiro atoms. The molecule has 0 amide bonds. The van der Waals surface area contributed by atoms with Crippen molar-refractivity contribution in [3.63, 3.8) is 0 Å². The van der Waals surface area contributed by atoms with Crippen LogP contribution in [0.15, 0.2) is 29.2 Å². The molecular formula is C13H22N2O2S. The van der Waals surface area contributed by atoms with Gasteiger partial charge in [-0.15, -0.1) is 0 Å². The Morgan fingerprint density at radius 3 is 2.56 bits per heavy atom. The lowest BCUT2D eigenvalue weighted by atomic mass is 10.0. The third-order valence-corrected chi connectivity index (χ3v) is 4.84. The van der Waals surface area contributed by atoms with Crippen molar-refractivity contribution in [2.75, 3.05) is 0 Å². The van der Waals surface area contributed by atoms with Crippen LogP contribution in [0.25, 0.3) is 0 Å². The largest absolute Gasteiger partial charge is 0.326 e. The fraction of sp³-hybridized carbons (Fsp3) is 0.538. The van der Waals surface area contributed by atoms with Crippen LogP contribution in [-0.4, -0.2) is 14.5 Å². The minimum absolute atomic E-state index is 0.0819. The number of nitrogens with two attached hydrogens (primary N) is 1. The van der Waals surface area contributed by atoms with Crippen molar-refractivity contribution in [3.05, 3.63) is 29.8 Å². The SMILES string of the molecule is CCC(C)C(C)NS(=O)(=O)c1cccc(CN)c1. The van der Waals surface area contributed by atoms with Crippen molar-refractivity contribution in [2.45, 2.75) is 44.7 Å². The Kier molecular flexibility index (Phi) is 5.31. The average Bonchev–Trinajstić information content (AvgIpc) is 2.37. The maximum atomic E-state index is 12.2. The Balaban J connectivity index is 2.92. The first-order valence-corrected chi connectivity index (χ1v) is 7.70. The van der Waals surface area contributed by atoms with Crippen LogP contribution in [0.5, 0.6) is 0 Å². The van der Waals surface area contributed by atoms with Crippen molar-refractivity contribution in [1.82, 2.24) is 4.72 Å². The summed E-state index contributed by atoms with van der Waals surface area (Å²) in [5.41, 5.74) is 6.33. The van der Waals surface area contributed by atoms with Gasteiger partial charge in [-0.25, -0.2) is 13.1 Å². The van der Waals surface area contributed by atoms with Crippen molar-refractivity contribution in [3.8, 4) is 0 Å². The fourth-order valence-corrected chi connectivity index (χ4v) is 3.04. The van der Waals surface area contributed by atoms with E-state index < -0.39 is 10.0 Å².